The van der Waals surface area contributed by atoms with Gasteiger partial charge in [-0.05, 0) is 40.1 Å². The maximum Gasteiger partial charge on any atom is 0.309 e. The van der Waals surface area contributed by atoms with E-state index in [0.717, 1.165) is 11.1 Å². The van der Waals surface area contributed by atoms with E-state index < -0.39 is 17.9 Å². The largest absolute Gasteiger partial charge is 0.497 e. The van der Waals surface area contributed by atoms with Crippen molar-refractivity contribution in [2.45, 2.75) is 19.0 Å². The van der Waals surface area contributed by atoms with Gasteiger partial charge < -0.3 is 14.7 Å². The molecule has 0 saturated carbocycles. The number of amides is 1. The highest BCUT2D eigenvalue weighted by atomic mass is 32.1. The van der Waals surface area contributed by atoms with Crippen molar-refractivity contribution in [2.24, 2.45) is 5.92 Å². The Morgan fingerprint density at radius 2 is 2.09 bits per heavy atom. The minimum atomic E-state index is -0.938. The second-order valence-corrected chi connectivity index (χ2v) is 6.30. The minimum Gasteiger partial charge on any atom is -0.497 e. The van der Waals surface area contributed by atoms with Crippen LogP contribution in [-0.2, 0) is 16.1 Å². The van der Waals surface area contributed by atoms with Gasteiger partial charge in [0.1, 0.15) is 5.75 Å². The molecule has 1 aromatic carbocycles. The van der Waals surface area contributed by atoms with Gasteiger partial charge in [0.25, 0.3) is 0 Å². The molecule has 6 heteroatoms. The second-order valence-electron chi connectivity index (χ2n) is 5.52. The van der Waals surface area contributed by atoms with Crippen molar-refractivity contribution in [3.63, 3.8) is 0 Å². The third-order valence-electron chi connectivity index (χ3n) is 4.14. The van der Waals surface area contributed by atoms with Gasteiger partial charge in [0.05, 0.1) is 19.1 Å². The molecule has 0 unspecified atom stereocenters. The van der Waals surface area contributed by atoms with Crippen molar-refractivity contribution in [1.29, 1.82) is 0 Å². The maximum atomic E-state index is 12.4. The Labute approximate surface area is 138 Å². The molecule has 1 fully saturated rings. The van der Waals surface area contributed by atoms with Crippen LogP contribution in [0.4, 0.5) is 0 Å². The molecule has 1 aliphatic heterocycles. The first-order valence-corrected chi connectivity index (χ1v) is 8.21. The van der Waals surface area contributed by atoms with E-state index in [1.54, 1.807) is 35.5 Å². The number of methoxy groups -OCH3 is 1. The molecular formula is C17H17NO4S. The van der Waals surface area contributed by atoms with Crippen LogP contribution in [0.1, 0.15) is 23.6 Å². The summed E-state index contributed by atoms with van der Waals surface area (Å²) >= 11 is 1.56. The minimum absolute atomic E-state index is 0.0379. The Kier molecular flexibility index (Phi) is 4.34. The first kappa shape index (κ1) is 15.6. The molecule has 0 spiro atoms. The maximum absolute atomic E-state index is 12.4. The molecule has 1 aromatic heterocycles. The molecule has 120 valence electrons. The highest BCUT2D eigenvalue weighted by Gasteiger charge is 2.44. The van der Waals surface area contributed by atoms with Gasteiger partial charge in [-0.1, -0.05) is 12.1 Å². The van der Waals surface area contributed by atoms with Crippen LogP contribution in [0.2, 0.25) is 0 Å². The van der Waals surface area contributed by atoms with Gasteiger partial charge in [0.2, 0.25) is 5.91 Å². The number of thiophene rings is 1. The zero-order chi connectivity index (χ0) is 16.4. The number of carboxylic acid groups (broad SMARTS) is 1. The molecule has 2 aromatic rings. The summed E-state index contributed by atoms with van der Waals surface area (Å²) in [5.74, 6) is -1.08. The van der Waals surface area contributed by atoms with Crippen LogP contribution in [0.3, 0.4) is 0 Å². The fraction of sp³-hybridized carbons (Fsp3) is 0.294. The molecule has 5 nitrogen and oxygen atoms in total. The fourth-order valence-corrected chi connectivity index (χ4v) is 3.65. The molecule has 0 aliphatic carbocycles. The highest BCUT2D eigenvalue weighted by molar-refractivity contribution is 7.07. The zero-order valence-corrected chi connectivity index (χ0v) is 13.5. The van der Waals surface area contributed by atoms with E-state index in [0.29, 0.717) is 12.3 Å². The summed E-state index contributed by atoms with van der Waals surface area (Å²) in [6.45, 7) is 0.433. The monoisotopic (exact) mass is 331 g/mol. The molecule has 1 saturated heterocycles. The van der Waals surface area contributed by atoms with Gasteiger partial charge >= 0.3 is 5.97 Å². The summed E-state index contributed by atoms with van der Waals surface area (Å²) < 4.78 is 5.14. The summed E-state index contributed by atoms with van der Waals surface area (Å²) in [5, 5.41) is 13.4. The van der Waals surface area contributed by atoms with Gasteiger partial charge in [-0.25, -0.2) is 0 Å². The lowest BCUT2D eigenvalue weighted by molar-refractivity contribution is -0.142. The van der Waals surface area contributed by atoms with E-state index in [1.807, 2.05) is 29.0 Å². The Hall–Kier alpha value is -2.34. The summed E-state index contributed by atoms with van der Waals surface area (Å²) in [7, 11) is 1.58. The summed E-state index contributed by atoms with van der Waals surface area (Å²) in [4.78, 5) is 25.6. The molecule has 3 rings (SSSR count). The smallest absolute Gasteiger partial charge is 0.309 e. The number of nitrogens with zero attached hydrogens (tertiary/aromatic N) is 1. The molecule has 2 atom stereocenters. The number of hydrogen-bond acceptors (Lipinski definition) is 4. The lowest BCUT2D eigenvalue weighted by Crippen LogP contribution is -2.30. The van der Waals surface area contributed by atoms with Gasteiger partial charge in [0.15, 0.2) is 0 Å². The number of carboxylic acids is 1. The summed E-state index contributed by atoms with van der Waals surface area (Å²) in [6, 6.07) is 8.75. The third-order valence-corrected chi connectivity index (χ3v) is 4.87. The molecule has 1 N–H and O–H groups in total. The molecule has 0 radical (unpaired) electrons. The van der Waals surface area contributed by atoms with Crippen molar-refractivity contribution < 1.29 is 19.4 Å². The Balaban J connectivity index is 1.94. The van der Waals surface area contributed by atoms with Crippen LogP contribution in [0.25, 0.3) is 0 Å². The van der Waals surface area contributed by atoms with Crippen molar-refractivity contribution >= 4 is 23.2 Å². The van der Waals surface area contributed by atoms with E-state index in [2.05, 4.69) is 0 Å². The predicted molar refractivity (Wildman–Crippen MR) is 86.3 cm³/mol. The average molecular weight is 331 g/mol. The molecule has 1 amide bonds. The number of likely N-dealkylation sites (tertiary alicyclic amines) is 1. The molecule has 1 aliphatic rings. The molecular weight excluding hydrogens is 314 g/mol. The summed E-state index contributed by atoms with van der Waals surface area (Å²) in [5.41, 5.74) is 1.84. The topological polar surface area (TPSA) is 66.8 Å². The number of aliphatic carboxylic acids is 1. The van der Waals surface area contributed by atoms with E-state index in [-0.39, 0.29) is 12.3 Å². The first-order chi connectivity index (χ1) is 11.1. The van der Waals surface area contributed by atoms with Crippen LogP contribution < -0.4 is 4.74 Å². The third kappa shape index (κ3) is 3.07. The van der Waals surface area contributed by atoms with Crippen LogP contribution in [0, 0.1) is 5.92 Å². The van der Waals surface area contributed by atoms with Crippen molar-refractivity contribution in [2.75, 3.05) is 7.11 Å². The van der Waals surface area contributed by atoms with Gasteiger partial charge in [-0.3, -0.25) is 9.59 Å². The Morgan fingerprint density at radius 3 is 2.65 bits per heavy atom. The van der Waals surface area contributed by atoms with Gasteiger partial charge in [-0.15, -0.1) is 0 Å². The zero-order valence-electron chi connectivity index (χ0n) is 12.6. The summed E-state index contributed by atoms with van der Waals surface area (Å²) in [6.07, 6.45) is 0.0379. The lowest BCUT2D eigenvalue weighted by Gasteiger charge is -2.27. The highest BCUT2D eigenvalue weighted by Crippen LogP contribution is 2.39. The number of ether oxygens (including phenoxy) is 1. The number of carbonyl (C=O) groups is 2. The Morgan fingerprint density at radius 1 is 1.35 bits per heavy atom. The Bertz CT molecular complexity index is 696. The average Bonchev–Trinajstić information content (AvgIpc) is 3.17. The molecule has 0 bridgehead atoms. The van der Waals surface area contributed by atoms with E-state index in [1.165, 1.54) is 0 Å². The fourth-order valence-electron chi connectivity index (χ4n) is 2.99. The lowest BCUT2D eigenvalue weighted by atomic mass is 9.93. The van der Waals surface area contributed by atoms with Crippen molar-refractivity contribution in [3.8, 4) is 5.75 Å². The van der Waals surface area contributed by atoms with Crippen LogP contribution in [0.15, 0.2) is 41.1 Å². The van der Waals surface area contributed by atoms with E-state index in [4.69, 9.17) is 4.74 Å². The van der Waals surface area contributed by atoms with Crippen LogP contribution in [0.5, 0.6) is 5.75 Å². The first-order valence-electron chi connectivity index (χ1n) is 7.27. The number of carbonyl (C=O) groups excluding carboxylic acids is 1. The standard InChI is InChI=1S/C17H17NO4S/c1-22-13-4-2-12(3-5-13)16-14(17(20)21)8-15(19)18(16)9-11-6-7-23-10-11/h2-7,10,14,16H,8-9H2,1H3,(H,20,21)/t14-,16-/m0/s1. The predicted octanol–water partition coefficient (Wildman–Crippen LogP) is 2.93. The SMILES string of the molecule is COc1ccc([C@H]2[C@@H](C(=O)O)CC(=O)N2Cc2ccsc2)cc1. The van der Waals surface area contributed by atoms with Gasteiger partial charge in [0, 0.05) is 13.0 Å². The second kappa shape index (κ2) is 6.42. The number of hydrogen-bond donors (Lipinski definition) is 1. The van der Waals surface area contributed by atoms with Gasteiger partial charge in [-0.2, -0.15) is 11.3 Å². The number of rotatable bonds is 5. The van der Waals surface area contributed by atoms with Crippen LogP contribution in [-0.4, -0.2) is 29.0 Å². The molecule has 23 heavy (non-hydrogen) atoms. The van der Waals surface area contributed by atoms with Crippen molar-refractivity contribution in [1.82, 2.24) is 4.90 Å². The van der Waals surface area contributed by atoms with Crippen LogP contribution >= 0.6 is 11.3 Å². The number of benzene rings is 1. The van der Waals surface area contributed by atoms with E-state index in [9.17, 15) is 14.7 Å². The normalized spacial score (nSPS) is 20.7. The van der Waals surface area contributed by atoms with Crippen molar-refractivity contribution in [3.05, 3.63) is 52.2 Å². The molecule has 2 heterocycles. The quantitative estimate of drug-likeness (QED) is 0.915. The van der Waals surface area contributed by atoms with E-state index >= 15 is 0 Å².